The van der Waals surface area contributed by atoms with Crippen molar-refractivity contribution in [3.63, 3.8) is 0 Å². The topological polar surface area (TPSA) is 83.8 Å². The fraction of sp³-hybridized carbons (Fsp3) is 0.133. The van der Waals surface area contributed by atoms with Crippen LogP contribution in [0.4, 0.5) is 17.1 Å². The molecule has 2 heterocycles. The third-order valence-electron chi connectivity index (χ3n) is 3.35. The highest BCUT2D eigenvalue weighted by Gasteiger charge is 2.17. The molecule has 0 aliphatic rings. The van der Waals surface area contributed by atoms with Gasteiger partial charge in [-0.2, -0.15) is 0 Å². The van der Waals surface area contributed by atoms with E-state index < -0.39 is 0 Å². The van der Waals surface area contributed by atoms with Gasteiger partial charge in [0.1, 0.15) is 5.52 Å². The van der Waals surface area contributed by atoms with Crippen LogP contribution >= 0.6 is 0 Å². The Balaban J connectivity index is 2.13. The molecule has 0 radical (unpaired) electrons. The fourth-order valence-corrected chi connectivity index (χ4v) is 2.30. The van der Waals surface area contributed by atoms with Crippen molar-refractivity contribution in [2.45, 2.75) is 13.3 Å². The lowest BCUT2D eigenvalue weighted by atomic mass is 10.1. The molecule has 0 bridgehead atoms. The first-order valence-corrected chi connectivity index (χ1v) is 6.65. The van der Waals surface area contributed by atoms with Crippen LogP contribution in [0.2, 0.25) is 0 Å². The zero-order chi connectivity index (χ0) is 14.8. The maximum atomic E-state index is 11.1. The number of nitro benzene ring substituents is 1. The minimum atomic E-state index is -0.369. The Hall–Kier alpha value is -2.89. The fourth-order valence-electron chi connectivity index (χ4n) is 2.30. The summed E-state index contributed by atoms with van der Waals surface area (Å²) in [5, 5.41) is 15.2. The SMILES string of the molecule is CCc1cc2c(Nc3cccnc3)ccc([N+](=O)[O-])c2[nH]1. The van der Waals surface area contributed by atoms with E-state index in [9.17, 15) is 10.1 Å². The van der Waals surface area contributed by atoms with Crippen molar-refractivity contribution in [2.24, 2.45) is 0 Å². The molecule has 0 saturated heterocycles. The molecule has 0 spiro atoms. The van der Waals surface area contributed by atoms with E-state index >= 15 is 0 Å². The Bertz CT molecular complexity index is 796. The number of pyridine rings is 1. The molecule has 3 aromatic rings. The average Bonchev–Trinajstić information content (AvgIpc) is 2.93. The minimum Gasteiger partial charge on any atom is -0.354 e. The van der Waals surface area contributed by atoms with Crippen LogP contribution in [0.15, 0.2) is 42.7 Å². The van der Waals surface area contributed by atoms with Gasteiger partial charge in [0.2, 0.25) is 0 Å². The minimum absolute atomic E-state index is 0.0847. The largest absolute Gasteiger partial charge is 0.354 e. The van der Waals surface area contributed by atoms with Crippen LogP contribution in [0.1, 0.15) is 12.6 Å². The second kappa shape index (κ2) is 5.24. The number of nitrogens with zero attached hydrogens (tertiary/aromatic N) is 2. The lowest BCUT2D eigenvalue weighted by molar-refractivity contribution is -0.383. The molecule has 0 fully saturated rings. The molecule has 6 nitrogen and oxygen atoms in total. The van der Waals surface area contributed by atoms with Crippen molar-refractivity contribution in [2.75, 3.05) is 5.32 Å². The highest BCUT2D eigenvalue weighted by molar-refractivity contribution is 5.99. The maximum Gasteiger partial charge on any atom is 0.293 e. The monoisotopic (exact) mass is 282 g/mol. The van der Waals surface area contributed by atoms with Gasteiger partial charge < -0.3 is 10.3 Å². The molecule has 106 valence electrons. The van der Waals surface area contributed by atoms with E-state index in [0.29, 0.717) is 5.52 Å². The summed E-state index contributed by atoms with van der Waals surface area (Å²) in [5.41, 5.74) is 3.26. The van der Waals surface area contributed by atoms with Crippen molar-refractivity contribution in [1.29, 1.82) is 0 Å². The summed E-state index contributed by atoms with van der Waals surface area (Å²) in [6.07, 6.45) is 4.20. The molecule has 21 heavy (non-hydrogen) atoms. The Kier molecular flexibility index (Phi) is 3.27. The van der Waals surface area contributed by atoms with E-state index in [1.165, 1.54) is 6.07 Å². The Morgan fingerprint density at radius 1 is 1.38 bits per heavy atom. The van der Waals surface area contributed by atoms with E-state index in [1.807, 2.05) is 25.1 Å². The zero-order valence-electron chi connectivity index (χ0n) is 11.5. The number of hydrogen-bond acceptors (Lipinski definition) is 4. The smallest absolute Gasteiger partial charge is 0.293 e. The zero-order valence-corrected chi connectivity index (χ0v) is 11.5. The number of aromatic nitrogens is 2. The van der Waals surface area contributed by atoms with Crippen LogP contribution < -0.4 is 5.32 Å². The lowest BCUT2D eigenvalue weighted by Crippen LogP contribution is -1.94. The summed E-state index contributed by atoms with van der Waals surface area (Å²) >= 11 is 0. The highest BCUT2D eigenvalue weighted by Crippen LogP contribution is 2.33. The number of benzene rings is 1. The molecular weight excluding hydrogens is 268 g/mol. The second-order valence-electron chi connectivity index (χ2n) is 4.69. The number of aromatic amines is 1. The molecule has 1 aromatic carbocycles. The van der Waals surface area contributed by atoms with Gasteiger partial charge in [0.05, 0.1) is 16.8 Å². The van der Waals surface area contributed by atoms with Gasteiger partial charge in [-0.1, -0.05) is 6.92 Å². The number of rotatable bonds is 4. The number of anilines is 2. The molecule has 3 rings (SSSR count). The number of nitro groups is 1. The first kappa shape index (κ1) is 13.1. The Labute approximate surface area is 121 Å². The molecule has 2 N–H and O–H groups in total. The Morgan fingerprint density at radius 2 is 2.24 bits per heavy atom. The Morgan fingerprint density at radius 3 is 2.90 bits per heavy atom. The highest BCUT2D eigenvalue weighted by atomic mass is 16.6. The van der Waals surface area contributed by atoms with Crippen molar-refractivity contribution in [3.05, 3.63) is 58.5 Å². The molecule has 0 aliphatic heterocycles. The van der Waals surface area contributed by atoms with Gasteiger partial charge in [-0.15, -0.1) is 0 Å². The van der Waals surface area contributed by atoms with Crippen LogP contribution in [0, 0.1) is 10.1 Å². The molecule has 2 aromatic heterocycles. The molecular formula is C15H14N4O2. The van der Waals surface area contributed by atoms with Crippen LogP contribution in [-0.2, 0) is 6.42 Å². The quantitative estimate of drug-likeness (QED) is 0.563. The number of H-pyrrole nitrogens is 1. The molecule has 0 amide bonds. The van der Waals surface area contributed by atoms with Gasteiger partial charge in [-0.05, 0) is 30.7 Å². The summed E-state index contributed by atoms with van der Waals surface area (Å²) in [4.78, 5) is 17.9. The predicted octanol–water partition coefficient (Wildman–Crippen LogP) is 3.78. The molecule has 0 aliphatic carbocycles. The van der Waals surface area contributed by atoms with Crippen molar-refractivity contribution in [3.8, 4) is 0 Å². The summed E-state index contributed by atoms with van der Waals surface area (Å²) < 4.78 is 0. The number of hydrogen-bond donors (Lipinski definition) is 2. The summed E-state index contributed by atoms with van der Waals surface area (Å²) in [5.74, 6) is 0. The third kappa shape index (κ3) is 2.43. The molecule has 0 unspecified atom stereocenters. The van der Waals surface area contributed by atoms with Gasteiger partial charge >= 0.3 is 0 Å². The second-order valence-corrected chi connectivity index (χ2v) is 4.69. The van der Waals surface area contributed by atoms with Crippen LogP contribution in [-0.4, -0.2) is 14.9 Å². The van der Waals surface area contributed by atoms with E-state index in [2.05, 4.69) is 15.3 Å². The van der Waals surface area contributed by atoms with Gasteiger partial charge in [-0.3, -0.25) is 15.1 Å². The molecule has 6 heteroatoms. The van der Waals surface area contributed by atoms with Crippen molar-refractivity contribution >= 4 is 28.0 Å². The number of non-ortho nitro benzene ring substituents is 1. The van der Waals surface area contributed by atoms with E-state index in [-0.39, 0.29) is 10.6 Å². The van der Waals surface area contributed by atoms with Gasteiger partial charge in [-0.25, -0.2) is 0 Å². The predicted molar refractivity (Wildman–Crippen MR) is 81.9 cm³/mol. The summed E-state index contributed by atoms with van der Waals surface area (Å²) in [6.45, 7) is 2.00. The standard InChI is InChI=1S/C15H14N4O2/c1-2-10-8-12-13(17-11-4-3-7-16-9-11)5-6-14(19(20)21)15(12)18-10/h3-9,17-18H,2H2,1H3. The molecule has 0 atom stereocenters. The van der Waals surface area contributed by atoms with Crippen LogP contribution in [0.3, 0.4) is 0 Å². The van der Waals surface area contributed by atoms with E-state index in [4.69, 9.17) is 0 Å². The summed E-state index contributed by atoms with van der Waals surface area (Å²) in [6, 6.07) is 8.91. The first-order chi connectivity index (χ1) is 10.2. The van der Waals surface area contributed by atoms with Crippen LogP contribution in [0.5, 0.6) is 0 Å². The van der Waals surface area contributed by atoms with Crippen LogP contribution in [0.25, 0.3) is 10.9 Å². The number of fused-ring (bicyclic) bond motifs is 1. The first-order valence-electron chi connectivity index (χ1n) is 6.65. The summed E-state index contributed by atoms with van der Waals surface area (Å²) in [7, 11) is 0. The van der Waals surface area contributed by atoms with Gasteiger partial charge in [0.15, 0.2) is 0 Å². The normalized spacial score (nSPS) is 10.7. The van der Waals surface area contributed by atoms with Crippen molar-refractivity contribution in [1.82, 2.24) is 9.97 Å². The number of nitrogens with one attached hydrogen (secondary N) is 2. The van der Waals surface area contributed by atoms with E-state index in [0.717, 1.165) is 28.9 Å². The van der Waals surface area contributed by atoms with E-state index in [1.54, 1.807) is 18.5 Å². The van der Waals surface area contributed by atoms with Gasteiger partial charge in [0, 0.05) is 29.0 Å². The maximum absolute atomic E-state index is 11.1. The average molecular weight is 282 g/mol. The lowest BCUT2D eigenvalue weighted by Gasteiger charge is -2.07. The number of aryl methyl sites for hydroxylation is 1. The van der Waals surface area contributed by atoms with Crippen molar-refractivity contribution < 1.29 is 4.92 Å². The van der Waals surface area contributed by atoms with Gasteiger partial charge in [0.25, 0.3) is 5.69 Å². The third-order valence-corrected chi connectivity index (χ3v) is 3.35. The molecule has 0 saturated carbocycles.